The van der Waals surface area contributed by atoms with Crippen molar-refractivity contribution in [1.82, 2.24) is 9.88 Å². The van der Waals surface area contributed by atoms with Crippen LogP contribution in [-0.2, 0) is 6.54 Å². The smallest absolute Gasteiger partial charge is 0.122 e. The second-order valence-corrected chi connectivity index (χ2v) is 5.24. The first kappa shape index (κ1) is 14.8. The molecule has 0 saturated carbocycles. The number of aromatic nitrogens is 1. The fourth-order valence-corrected chi connectivity index (χ4v) is 2.47. The molecule has 0 fully saturated rings. The van der Waals surface area contributed by atoms with E-state index in [-0.39, 0.29) is 12.1 Å². The highest BCUT2D eigenvalue weighted by Crippen LogP contribution is 2.27. The number of hydrogen-bond donors (Lipinski definition) is 1. The van der Waals surface area contributed by atoms with Crippen molar-refractivity contribution in [3.63, 3.8) is 0 Å². The second-order valence-electron chi connectivity index (χ2n) is 5.24. The van der Waals surface area contributed by atoms with Gasteiger partial charge in [0.2, 0.25) is 0 Å². The van der Waals surface area contributed by atoms with Crippen LogP contribution in [0.3, 0.4) is 0 Å². The minimum Gasteiger partial charge on any atom is -0.465 e. The molecule has 0 saturated heterocycles. The minimum atomic E-state index is 0.0485. The monoisotopic (exact) mass is 273 g/mol. The summed E-state index contributed by atoms with van der Waals surface area (Å²) in [5.41, 5.74) is 7.52. The Bertz CT molecular complexity index is 524. The molecule has 2 heterocycles. The van der Waals surface area contributed by atoms with Crippen LogP contribution in [-0.4, -0.2) is 23.0 Å². The van der Waals surface area contributed by atoms with Crippen molar-refractivity contribution in [3.8, 4) is 0 Å². The number of aryl methyl sites for hydroxylation is 1. The van der Waals surface area contributed by atoms with Crippen LogP contribution in [0.4, 0.5) is 0 Å². The maximum absolute atomic E-state index is 6.30. The molecule has 0 aliphatic heterocycles. The summed E-state index contributed by atoms with van der Waals surface area (Å²) >= 11 is 0. The Hall–Kier alpha value is -1.65. The van der Waals surface area contributed by atoms with E-state index in [1.54, 1.807) is 0 Å². The maximum atomic E-state index is 6.30. The number of hydrogen-bond acceptors (Lipinski definition) is 4. The van der Waals surface area contributed by atoms with Crippen LogP contribution in [0.1, 0.15) is 36.5 Å². The summed E-state index contributed by atoms with van der Waals surface area (Å²) in [6.07, 6.45) is 4.54. The van der Waals surface area contributed by atoms with E-state index in [2.05, 4.69) is 23.9 Å². The third-order valence-corrected chi connectivity index (χ3v) is 3.59. The molecule has 0 aromatic carbocycles. The molecule has 2 rings (SSSR count). The number of furan rings is 1. The minimum absolute atomic E-state index is 0.0485. The van der Waals surface area contributed by atoms with Gasteiger partial charge in [0.15, 0.2) is 0 Å². The molecule has 0 bridgehead atoms. The lowest BCUT2D eigenvalue weighted by molar-refractivity contribution is 0.174. The Labute approximate surface area is 120 Å². The Morgan fingerprint density at radius 3 is 2.50 bits per heavy atom. The lowest BCUT2D eigenvalue weighted by atomic mass is 10.0. The number of pyridine rings is 1. The largest absolute Gasteiger partial charge is 0.465 e. The molecular weight excluding hydrogens is 250 g/mol. The molecule has 0 radical (unpaired) electrons. The Morgan fingerprint density at radius 1 is 1.25 bits per heavy atom. The van der Waals surface area contributed by atoms with Gasteiger partial charge in [0.05, 0.1) is 6.04 Å². The van der Waals surface area contributed by atoms with Gasteiger partial charge in [-0.1, -0.05) is 6.92 Å². The third kappa shape index (κ3) is 3.46. The quantitative estimate of drug-likeness (QED) is 0.879. The van der Waals surface area contributed by atoms with Crippen molar-refractivity contribution < 1.29 is 4.42 Å². The normalized spacial score (nSPS) is 14.4. The zero-order valence-electron chi connectivity index (χ0n) is 12.4. The highest BCUT2D eigenvalue weighted by Gasteiger charge is 2.26. The molecule has 0 spiro atoms. The van der Waals surface area contributed by atoms with Gasteiger partial charge < -0.3 is 10.2 Å². The maximum Gasteiger partial charge on any atom is 0.122 e. The number of nitrogens with two attached hydrogens (primary N) is 1. The summed E-state index contributed by atoms with van der Waals surface area (Å²) < 4.78 is 5.79. The molecular formula is C16H23N3O. The first-order valence-electron chi connectivity index (χ1n) is 7.03. The van der Waals surface area contributed by atoms with E-state index in [0.717, 1.165) is 24.5 Å². The van der Waals surface area contributed by atoms with E-state index >= 15 is 0 Å². The lowest BCUT2D eigenvalue weighted by Crippen LogP contribution is -2.38. The molecule has 0 aliphatic rings. The van der Waals surface area contributed by atoms with Crippen molar-refractivity contribution in [2.75, 3.05) is 7.05 Å². The molecule has 0 aliphatic carbocycles. The van der Waals surface area contributed by atoms with Gasteiger partial charge in [-0.15, -0.1) is 0 Å². The zero-order valence-corrected chi connectivity index (χ0v) is 12.4. The predicted octanol–water partition coefficient (Wildman–Crippen LogP) is 2.89. The summed E-state index contributed by atoms with van der Waals surface area (Å²) in [7, 11) is 2.08. The molecule has 4 heteroatoms. The Kier molecular flexibility index (Phi) is 4.93. The van der Waals surface area contributed by atoms with Crippen LogP contribution >= 0.6 is 0 Å². The van der Waals surface area contributed by atoms with Crippen molar-refractivity contribution in [2.45, 2.75) is 38.9 Å². The number of nitrogens with zero attached hydrogens (tertiary/aromatic N) is 2. The first-order chi connectivity index (χ1) is 9.61. The van der Waals surface area contributed by atoms with E-state index in [1.807, 2.05) is 43.6 Å². The van der Waals surface area contributed by atoms with Gasteiger partial charge in [-0.25, -0.2) is 0 Å². The van der Waals surface area contributed by atoms with Crippen LogP contribution in [0.25, 0.3) is 0 Å². The van der Waals surface area contributed by atoms with Gasteiger partial charge in [0.25, 0.3) is 0 Å². The van der Waals surface area contributed by atoms with Crippen molar-refractivity contribution in [1.29, 1.82) is 0 Å². The topological polar surface area (TPSA) is 55.3 Å². The third-order valence-electron chi connectivity index (χ3n) is 3.59. The van der Waals surface area contributed by atoms with E-state index in [4.69, 9.17) is 10.2 Å². The Morgan fingerprint density at radius 2 is 1.95 bits per heavy atom. The highest BCUT2D eigenvalue weighted by molar-refractivity contribution is 5.14. The molecule has 0 amide bonds. The SMILES string of the molecule is CCC(N)C(c1ccc(C)o1)N(C)Cc1ccncc1. The molecule has 2 N–H and O–H groups in total. The molecule has 108 valence electrons. The van der Waals surface area contributed by atoms with E-state index < -0.39 is 0 Å². The standard InChI is InChI=1S/C16H23N3O/c1-4-14(17)16(15-6-5-12(2)20-15)19(3)11-13-7-9-18-10-8-13/h5-10,14,16H,4,11,17H2,1-3H3. The van der Waals surface area contributed by atoms with E-state index in [9.17, 15) is 0 Å². The van der Waals surface area contributed by atoms with Gasteiger partial charge in [0.1, 0.15) is 11.5 Å². The Balaban J connectivity index is 2.18. The molecule has 2 atom stereocenters. The fraction of sp³-hybridized carbons (Fsp3) is 0.438. The van der Waals surface area contributed by atoms with E-state index in [1.165, 1.54) is 5.56 Å². The number of likely N-dealkylation sites (N-methyl/N-ethyl adjacent to an activating group) is 1. The van der Waals surface area contributed by atoms with Gasteiger partial charge >= 0.3 is 0 Å². The van der Waals surface area contributed by atoms with Crippen LogP contribution in [0.15, 0.2) is 41.1 Å². The summed E-state index contributed by atoms with van der Waals surface area (Å²) in [6, 6.07) is 8.20. The average Bonchev–Trinajstić information content (AvgIpc) is 2.86. The summed E-state index contributed by atoms with van der Waals surface area (Å²) in [5.74, 6) is 1.86. The molecule has 2 unspecified atom stereocenters. The van der Waals surface area contributed by atoms with Crippen molar-refractivity contribution in [2.24, 2.45) is 5.73 Å². The summed E-state index contributed by atoms with van der Waals surface area (Å²) in [5, 5.41) is 0. The van der Waals surface area contributed by atoms with Gasteiger partial charge in [0, 0.05) is 25.0 Å². The summed E-state index contributed by atoms with van der Waals surface area (Å²) in [6.45, 7) is 4.88. The second kappa shape index (κ2) is 6.68. The zero-order chi connectivity index (χ0) is 14.5. The van der Waals surface area contributed by atoms with Crippen molar-refractivity contribution >= 4 is 0 Å². The van der Waals surface area contributed by atoms with Crippen molar-refractivity contribution in [3.05, 3.63) is 53.7 Å². The highest BCUT2D eigenvalue weighted by atomic mass is 16.3. The van der Waals surface area contributed by atoms with Gasteiger partial charge in [-0.3, -0.25) is 9.88 Å². The van der Waals surface area contributed by atoms with E-state index in [0.29, 0.717) is 0 Å². The van der Waals surface area contributed by atoms with Crippen LogP contribution in [0.2, 0.25) is 0 Å². The molecule has 2 aromatic rings. The van der Waals surface area contributed by atoms with Crippen LogP contribution in [0.5, 0.6) is 0 Å². The number of rotatable bonds is 6. The van der Waals surface area contributed by atoms with Crippen LogP contribution in [0, 0.1) is 6.92 Å². The molecule has 4 nitrogen and oxygen atoms in total. The fourth-order valence-electron chi connectivity index (χ4n) is 2.47. The van der Waals surface area contributed by atoms with Crippen LogP contribution < -0.4 is 5.73 Å². The molecule has 2 aromatic heterocycles. The lowest BCUT2D eigenvalue weighted by Gasteiger charge is -2.30. The summed E-state index contributed by atoms with van der Waals surface area (Å²) in [4.78, 5) is 6.29. The van der Waals surface area contributed by atoms with Gasteiger partial charge in [-0.2, -0.15) is 0 Å². The predicted molar refractivity (Wildman–Crippen MR) is 80.2 cm³/mol. The molecule has 20 heavy (non-hydrogen) atoms. The average molecular weight is 273 g/mol. The van der Waals surface area contributed by atoms with Gasteiger partial charge in [-0.05, 0) is 50.2 Å². The first-order valence-corrected chi connectivity index (χ1v) is 7.03.